The van der Waals surface area contributed by atoms with Gasteiger partial charge in [-0.05, 0) is 42.3 Å². The summed E-state index contributed by atoms with van der Waals surface area (Å²) in [4.78, 5) is 12.5. The molecule has 1 unspecified atom stereocenters. The van der Waals surface area contributed by atoms with E-state index in [0.29, 0.717) is 23.4 Å². The van der Waals surface area contributed by atoms with Crippen molar-refractivity contribution in [3.63, 3.8) is 0 Å². The van der Waals surface area contributed by atoms with Crippen LogP contribution in [0, 0.1) is 0 Å². The summed E-state index contributed by atoms with van der Waals surface area (Å²) >= 11 is 0. The van der Waals surface area contributed by atoms with Crippen LogP contribution in [0.5, 0.6) is 5.75 Å². The van der Waals surface area contributed by atoms with Crippen molar-refractivity contribution >= 4 is 31.6 Å². The molecule has 1 heterocycles. The van der Waals surface area contributed by atoms with E-state index in [1.807, 2.05) is 0 Å². The SMILES string of the molecule is CCCS(=O)(=O)N1CC(C(=O)NO)N(S(=O)(=O)c2ccc(OC)cc2)Cc2ccccc21. The van der Waals surface area contributed by atoms with Crippen molar-refractivity contribution in [2.45, 2.75) is 30.8 Å². The second-order valence-corrected chi connectivity index (χ2v) is 11.1. The molecule has 0 aromatic heterocycles. The first-order valence-electron chi connectivity index (χ1n) is 9.84. The van der Waals surface area contributed by atoms with Gasteiger partial charge in [0.15, 0.2) is 0 Å². The minimum absolute atomic E-state index is 0.101. The summed E-state index contributed by atoms with van der Waals surface area (Å²) in [5, 5.41) is 9.31. The highest BCUT2D eigenvalue weighted by atomic mass is 32.2. The maximum absolute atomic E-state index is 13.5. The van der Waals surface area contributed by atoms with Gasteiger partial charge in [0, 0.05) is 6.54 Å². The van der Waals surface area contributed by atoms with Crippen LogP contribution in [0.15, 0.2) is 53.4 Å². The standard InChI is InChI=1S/C20H25N3O7S2/c1-3-12-31(26,27)22-14-19(20(24)21-25)23(13-15-6-4-5-7-18(15)22)32(28,29)17-10-8-16(30-2)9-11-17/h4-11,19,25H,3,12-14H2,1-2H3,(H,21,24). The molecule has 32 heavy (non-hydrogen) atoms. The quantitative estimate of drug-likeness (QED) is 0.448. The number of carbonyl (C=O) groups excluding carboxylic acids is 1. The second kappa shape index (κ2) is 9.45. The van der Waals surface area contributed by atoms with Crippen molar-refractivity contribution in [3.8, 4) is 5.75 Å². The molecule has 10 nitrogen and oxygen atoms in total. The van der Waals surface area contributed by atoms with Crippen molar-refractivity contribution < 1.29 is 31.6 Å². The van der Waals surface area contributed by atoms with Crippen LogP contribution < -0.4 is 14.5 Å². The van der Waals surface area contributed by atoms with Crippen LogP contribution in [-0.4, -0.2) is 57.7 Å². The molecule has 0 aliphatic carbocycles. The molecule has 0 saturated heterocycles. The fourth-order valence-electron chi connectivity index (χ4n) is 3.57. The Morgan fingerprint density at radius 3 is 2.38 bits per heavy atom. The molecular formula is C20H25N3O7S2. The minimum atomic E-state index is -4.25. The zero-order chi connectivity index (χ0) is 23.5. The van der Waals surface area contributed by atoms with Gasteiger partial charge in [-0.2, -0.15) is 4.31 Å². The first kappa shape index (κ1) is 24.0. The average molecular weight is 484 g/mol. The van der Waals surface area contributed by atoms with Gasteiger partial charge in [-0.3, -0.25) is 14.3 Å². The lowest BCUT2D eigenvalue weighted by Gasteiger charge is -2.30. The Morgan fingerprint density at radius 1 is 1.12 bits per heavy atom. The summed E-state index contributed by atoms with van der Waals surface area (Å²) in [7, 11) is -6.66. The average Bonchev–Trinajstić information content (AvgIpc) is 2.97. The molecule has 1 aliphatic rings. The van der Waals surface area contributed by atoms with Gasteiger partial charge >= 0.3 is 0 Å². The number of hydrogen-bond acceptors (Lipinski definition) is 7. The lowest BCUT2D eigenvalue weighted by Crippen LogP contribution is -2.53. The molecule has 0 bridgehead atoms. The first-order valence-corrected chi connectivity index (χ1v) is 12.9. The zero-order valence-corrected chi connectivity index (χ0v) is 19.3. The normalized spacial score (nSPS) is 17.3. The summed E-state index contributed by atoms with van der Waals surface area (Å²) in [6.45, 7) is 0.960. The number of rotatable bonds is 7. The van der Waals surface area contributed by atoms with Gasteiger partial charge < -0.3 is 4.74 Å². The number of hydroxylamine groups is 1. The third kappa shape index (κ3) is 4.58. The Kier molecular flexibility index (Phi) is 7.08. The third-order valence-corrected chi connectivity index (χ3v) is 8.96. The highest BCUT2D eigenvalue weighted by Crippen LogP contribution is 2.33. The van der Waals surface area contributed by atoms with Crippen molar-refractivity contribution in [2.24, 2.45) is 0 Å². The van der Waals surface area contributed by atoms with Gasteiger partial charge in [0.1, 0.15) is 11.8 Å². The molecular weight excluding hydrogens is 458 g/mol. The predicted octanol–water partition coefficient (Wildman–Crippen LogP) is 1.32. The molecule has 1 aliphatic heterocycles. The zero-order valence-electron chi connectivity index (χ0n) is 17.6. The number of nitrogens with one attached hydrogen (secondary N) is 1. The van der Waals surface area contributed by atoms with E-state index >= 15 is 0 Å². The number of fused-ring (bicyclic) bond motifs is 1. The lowest BCUT2D eigenvalue weighted by molar-refractivity contribution is -0.132. The smallest absolute Gasteiger partial charge is 0.263 e. The van der Waals surface area contributed by atoms with Crippen LogP contribution >= 0.6 is 0 Å². The number of para-hydroxylation sites is 1. The fourth-order valence-corrected chi connectivity index (χ4v) is 6.71. The number of methoxy groups -OCH3 is 1. The Balaban J connectivity index is 2.17. The van der Waals surface area contributed by atoms with E-state index in [1.165, 1.54) is 36.9 Å². The van der Waals surface area contributed by atoms with E-state index in [2.05, 4.69) is 0 Å². The number of carbonyl (C=O) groups is 1. The number of anilines is 1. The molecule has 1 amide bonds. The Labute approximate surface area is 187 Å². The number of nitrogens with zero attached hydrogens (tertiary/aromatic N) is 2. The minimum Gasteiger partial charge on any atom is -0.497 e. The van der Waals surface area contributed by atoms with Crippen LogP contribution in [0.2, 0.25) is 0 Å². The molecule has 3 rings (SSSR count). The molecule has 174 valence electrons. The number of benzene rings is 2. The van der Waals surface area contributed by atoms with Gasteiger partial charge in [-0.25, -0.2) is 22.3 Å². The lowest BCUT2D eigenvalue weighted by atomic mass is 10.2. The summed E-state index contributed by atoms with van der Waals surface area (Å²) < 4.78 is 60.1. The molecule has 12 heteroatoms. The van der Waals surface area contributed by atoms with Gasteiger partial charge in [-0.15, -0.1) is 0 Å². The monoisotopic (exact) mass is 483 g/mol. The molecule has 2 aromatic rings. The predicted molar refractivity (Wildman–Crippen MR) is 117 cm³/mol. The molecule has 0 spiro atoms. The van der Waals surface area contributed by atoms with E-state index < -0.39 is 38.5 Å². The Morgan fingerprint density at radius 2 is 1.78 bits per heavy atom. The topological polar surface area (TPSA) is 133 Å². The number of amides is 1. The van der Waals surface area contributed by atoms with Crippen LogP contribution in [-0.2, 0) is 31.4 Å². The summed E-state index contributed by atoms with van der Waals surface area (Å²) in [6.07, 6.45) is 0.339. The van der Waals surface area contributed by atoms with Crippen LogP contribution in [0.3, 0.4) is 0 Å². The largest absolute Gasteiger partial charge is 0.497 e. The van der Waals surface area contributed by atoms with Crippen molar-refractivity contribution in [3.05, 3.63) is 54.1 Å². The number of sulfonamides is 2. The molecule has 0 saturated carbocycles. The first-order chi connectivity index (χ1) is 15.2. The number of hydrogen-bond donors (Lipinski definition) is 2. The highest BCUT2D eigenvalue weighted by molar-refractivity contribution is 7.92. The fraction of sp³-hybridized carbons (Fsp3) is 0.350. The van der Waals surface area contributed by atoms with E-state index in [9.17, 15) is 26.8 Å². The van der Waals surface area contributed by atoms with Gasteiger partial charge in [0.05, 0.1) is 30.0 Å². The molecule has 2 aromatic carbocycles. The van der Waals surface area contributed by atoms with Crippen LogP contribution in [0.4, 0.5) is 5.69 Å². The second-order valence-electron chi connectivity index (χ2n) is 7.19. The Bertz CT molecular complexity index is 1180. The molecule has 2 N–H and O–H groups in total. The van der Waals surface area contributed by atoms with Crippen molar-refractivity contribution in [2.75, 3.05) is 23.7 Å². The van der Waals surface area contributed by atoms with E-state index in [1.54, 1.807) is 31.2 Å². The number of ether oxygens (including phenoxy) is 1. The molecule has 0 radical (unpaired) electrons. The summed E-state index contributed by atoms with van der Waals surface area (Å²) in [6, 6.07) is 10.6. The van der Waals surface area contributed by atoms with Crippen molar-refractivity contribution in [1.82, 2.24) is 9.79 Å². The maximum atomic E-state index is 13.5. The van der Waals surface area contributed by atoms with E-state index in [4.69, 9.17) is 4.74 Å². The summed E-state index contributed by atoms with van der Waals surface area (Å²) in [5.74, 6) is -0.765. The molecule has 1 atom stereocenters. The van der Waals surface area contributed by atoms with E-state index in [0.717, 1.165) is 8.61 Å². The van der Waals surface area contributed by atoms with Gasteiger partial charge in [-0.1, -0.05) is 25.1 Å². The highest BCUT2D eigenvalue weighted by Gasteiger charge is 2.42. The maximum Gasteiger partial charge on any atom is 0.263 e. The van der Waals surface area contributed by atoms with Crippen LogP contribution in [0.25, 0.3) is 0 Å². The van der Waals surface area contributed by atoms with Gasteiger partial charge in [0.2, 0.25) is 20.0 Å². The Hall–Kier alpha value is -2.67. The summed E-state index contributed by atoms with van der Waals surface area (Å²) in [5.41, 5.74) is 2.19. The van der Waals surface area contributed by atoms with Gasteiger partial charge in [0.25, 0.3) is 5.91 Å². The third-order valence-electron chi connectivity index (χ3n) is 5.15. The van der Waals surface area contributed by atoms with E-state index in [-0.39, 0.29) is 17.2 Å². The molecule has 0 fully saturated rings. The van der Waals surface area contributed by atoms with Crippen LogP contribution in [0.1, 0.15) is 18.9 Å². The van der Waals surface area contributed by atoms with Crippen molar-refractivity contribution in [1.29, 1.82) is 0 Å².